The number of nitrogens with one attached hydrogen (secondary N) is 1. The summed E-state index contributed by atoms with van der Waals surface area (Å²) in [6, 6.07) is 9.82. The molecule has 0 bridgehead atoms. The zero-order valence-electron chi connectivity index (χ0n) is 18.2. The smallest absolute Gasteiger partial charge is 0.311 e. The fourth-order valence-electron chi connectivity index (χ4n) is 3.68. The first-order chi connectivity index (χ1) is 16.0. The second kappa shape index (κ2) is 10.5. The molecule has 8 nitrogen and oxygen atoms in total. The number of benzene rings is 1. The molecule has 0 unspecified atom stereocenters. The van der Waals surface area contributed by atoms with Gasteiger partial charge in [-0.1, -0.05) is 0 Å². The molecule has 0 radical (unpaired) electrons. The van der Waals surface area contributed by atoms with Crippen LogP contribution in [0.25, 0.3) is 11.3 Å². The number of thiazole rings is 1. The summed E-state index contributed by atoms with van der Waals surface area (Å²) in [5, 5.41) is 13.7. The molecular weight excluding hydrogens is 445 g/mol. The number of hydrogen-bond donors (Lipinski definition) is 1. The number of halogens is 1. The summed E-state index contributed by atoms with van der Waals surface area (Å²) in [6.07, 6.45) is 1.71. The van der Waals surface area contributed by atoms with Crippen molar-refractivity contribution in [2.45, 2.75) is 26.2 Å². The minimum Gasteiger partial charge on any atom is -0.466 e. The van der Waals surface area contributed by atoms with Crippen LogP contribution in [0, 0.1) is 11.7 Å². The summed E-state index contributed by atoms with van der Waals surface area (Å²) in [7, 11) is 0. The summed E-state index contributed by atoms with van der Waals surface area (Å²) >= 11 is 1.29. The lowest BCUT2D eigenvalue weighted by Gasteiger charge is -2.32. The third kappa shape index (κ3) is 5.89. The molecule has 1 aliphatic rings. The second-order valence-corrected chi connectivity index (χ2v) is 8.54. The number of carbonyl (C=O) groups is 2. The molecule has 4 rings (SSSR count). The van der Waals surface area contributed by atoms with Crippen LogP contribution in [0.3, 0.4) is 0 Å². The molecule has 1 aliphatic heterocycles. The van der Waals surface area contributed by atoms with Gasteiger partial charge in [0.1, 0.15) is 5.82 Å². The standard InChI is InChI=1S/C23H24FN5O3S/c1-2-32-21(30)12-18-14-33-23(25-18)26-22(31)16-4-3-11-29(13-16)20-10-9-19(27-28-20)15-5-7-17(24)8-6-15/h5-10,14,16H,2-4,11-13H2,1H3,(H,25,26,31)/t16-/m1/s1. The molecule has 0 saturated carbocycles. The zero-order chi connectivity index (χ0) is 23.2. The van der Waals surface area contributed by atoms with Crippen LogP contribution in [0.2, 0.25) is 0 Å². The molecule has 1 N–H and O–H groups in total. The van der Waals surface area contributed by atoms with Crippen molar-refractivity contribution < 1.29 is 18.7 Å². The van der Waals surface area contributed by atoms with Crippen LogP contribution in [0.5, 0.6) is 0 Å². The SMILES string of the molecule is CCOC(=O)Cc1csc(NC(=O)[C@@H]2CCCN(c3ccc(-c4ccc(F)cc4)nn3)C2)n1. The van der Waals surface area contributed by atoms with Gasteiger partial charge in [0.2, 0.25) is 5.91 Å². The van der Waals surface area contributed by atoms with E-state index < -0.39 is 0 Å². The van der Waals surface area contributed by atoms with E-state index >= 15 is 0 Å². The normalized spacial score (nSPS) is 15.8. The highest BCUT2D eigenvalue weighted by Gasteiger charge is 2.27. The van der Waals surface area contributed by atoms with Crippen molar-refractivity contribution in [3.63, 3.8) is 0 Å². The Morgan fingerprint density at radius 3 is 2.76 bits per heavy atom. The maximum absolute atomic E-state index is 13.1. The molecule has 3 heterocycles. The Labute approximate surface area is 194 Å². The van der Waals surface area contributed by atoms with Gasteiger partial charge in [0.15, 0.2) is 10.9 Å². The first kappa shape index (κ1) is 22.8. The molecule has 33 heavy (non-hydrogen) atoms. The summed E-state index contributed by atoms with van der Waals surface area (Å²) in [4.78, 5) is 30.8. The molecule has 1 aromatic carbocycles. The number of esters is 1. The lowest BCUT2D eigenvalue weighted by Crippen LogP contribution is -2.41. The fraction of sp³-hybridized carbons (Fsp3) is 0.348. The van der Waals surface area contributed by atoms with Crippen LogP contribution >= 0.6 is 11.3 Å². The van der Waals surface area contributed by atoms with E-state index in [0.29, 0.717) is 35.5 Å². The highest BCUT2D eigenvalue weighted by molar-refractivity contribution is 7.13. The van der Waals surface area contributed by atoms with E-state index in [1.807, 2.05) is 17.0 Å². The molecule has 1 saturated heterocycles. The van der Waals surface area contributed by atoms with Gasteiger partial charge < -0.3 is 15.0 Å². The van der Waals surface area contributed by atoms with E-state index in [-0.39, 0.29) is 30.0 Å². The zero-order valence-corrected chi connectivity index (χ0v) is 19.0. The number of hydrogen-bond acceptors (Lipinski definition) is 8. The van der Waals surface area contributed by atoms with Crippen molar-refractivity contribution in [2.75, 3.05) is 29.9 Å². The van der Waals surface area contributed by atoms with Gasteiger partial charge in [0.25, 0.3) is 0 Å². The van der Waals surface area contributed by atoms with Crippen molar-refractivity contribution in [3.8, 4) is 11.3 Å². The van der Waals surface area contributed by atoms with Gasteiger partial charge >= 0.3 is 5.97 Å². The number of amides is 1. The summed E-state index contributed by atoms with van der Waals surface area (Å²) in [5.74, 6) is -0.254. The Morgan fingerprint density at radius 2 is 2.03 bits per heavy atom. The average molecular weight is 470 g/mol. The molecule has 1 fully saturated rings. The van der Waals surface area contributed by atoms with Gasteiger partial charge in [-0.15, -0.1) is 21.5 Å². The number of piperidine rings is 1. The van der Waals surface area contributed by atoms with E-state index in [9.17, 15) is 14.0 Å². The number of anilines is 2. The van der Waals surface area contributed by atoms with E-state index in [0.717, 1.165) is 24.9 Å². The van der Waals surface area contributed by atoms with Crippen molar-refractivity contribution in [1.29, 1.82) is 0 Å². The van der Waals surface area contributed by atoms with Gasteiger partial charge in [-0.25, -0.2) is 9.37 Å². The molecule has 172 valence electrons. The van der Waals surface area contributed by atoms with E-state index in [1.54, 1.807) is 24.4 Å². The maximum Gasteiger partial charge on any atom is 0.311 e. The Hall–Kier alpha value is -3.40. The molecule has 1 amide bonds. The highest BCUT2D eigenvalue weighted by atomic mass is 32.1. The minimum atomic E-state index is -0.338. The Bertz CT molecular complexity index is 1100. The number of nitrogens with zero attached hydrogens (tertiary/aromatic N) is 4. The first-order valence-corrected chi connectivity index (χ1v) is 11.7. The van der Waals surface area contributed by atoms with E-state index in [1.165, 1.54) is 23.5 Å². The second-order valence-electron chi connectivity index (χ2n) is 7.68. The Balaban J connectivity index is 1.35. The Kier molecular flexibility index (Phi) is 7.23. The summed E-state index contributed by atoms with van der Waals surface area (Å²) < 4.78 is 18.1. The van der Waals surface area contributed by atoms with Crippen LogP contribution in [0.4, 0.5) is 15.3 Å². The van der Waals surface area contributed by atoms with Gasteiger partial charge in [0, 0.05) is 24.0 Å². The lowest BCUT2D eigenvalue weighted by molar-refractivity contribution is -0.142. The van der Waals surface area contributed by atoms with E-state index in [4.69, 9.17) is 4.74 Å². The van der Waals surface area contributed by atoms with Crippen LogP contribution in [0.1, 0.15) is 25.5 Å². The van der Waals surface area contributed by atoms with Crippen molar-refractivity contribution in [1.82, 2.24) is 15.2 Å². The third-order valence-corrected chi connectivity index (χ3v) is 6.13. The van der Waals surface area contributed by atoms with Gasteiger partial charge in [-0.05, 0) is 56.2 Å². The molecule has 10 heteroatoms. The van der Waals surface area contributed by atoms with Gasteiger partial charge in [-0.3, -0.25) is 9.59 Å². The molecule has 2 aromatic heterocycles. The molecule has 0 aliphatic carbocycles. The number of ether oxygens (including phenoxy) is 1. The van der Waals surface area contributed by atoms with Crippen LogP contribution in [0.15, 0.2) is 41.8 Å². The summed E-state index contributed by atoms with van der Waals surface area (Å²) in [6.45, 7) is 3.39. The number of rotatable bonds is 7. The minimum absolute atomic E-state index is 0.0873. The first-order valence-electron chi connectivity index (χ1n) is 10.8. The predicted molar refractivity (Wildman–Crippen MR) is 123 cm³/mol. The fourth-order valence-corrected chi connectivity index (χ4v) is 4.39. The van der Waals surface area contributed by atoms with E-state index in [2.05, 4.69) is 20.5 Å². The molecule has 1 atom stereocenters. The quantitative estimate of drug-likeness (QED) is 0.527. The topological polar surface area (TPSA) is 97.3 Å². The Morgan fingerprint density at radius 1 is 1.21 bits per heavy atom. The van der Waals surface area contributed by atoms with Crippen molar-refractivity contribution in [2.24, 2.45) is 5.92 Å². The third-order valence-electron chi connectivity index (χ3n) is 5.32. The lowest BCUT2D eigenvalue weighted by atomic mass is 9.97. The van der Waals surface area contributed by atoms with Crippen LogP contribution < -0.4 is 10.2 Å². The van der Waals surface area contributed by atoms with Gasteiger partial charge in [0.05, 0.1) is 30.3 Å². The molecule has 0 spiro atoms. The highest BCUT2D eigenvalue weighted by Crippen LogP contribution is 2.25. The van der Waals surface area contributed by atoms with Crippen LogP contribution in [-0.4, -0.2) is 46.8 Å². The number of aromatic nitrogens is 3. The maximum atomic E-state index is 13.1. The molecule has 3 aromatic rings. The summed E-state index contributed by atoms with van der Waals surface area (Å²) in [5.41, 5.74) is 2.03. The van der Waals surface area contributed by atoms with Crippen molar-refractivity contribution >= 4 is 34.2 Å². The predicted octanol–water partition coefficient (Wildman–Crippen LogP) is 3.70. The average Bonchev–Trinajstić information content (AvgIpc) is 3.26. The molecular formula is C23H24FN5O3S. The largest absolute Gasteiger partial charge is 0.466 e. The van der Waals surface area contributed by atoms with Crippen molar-refractivity contribution in [3.05, 3.63) is 53.3 Å². The van der Waals surface area contributed by atoms with Gasteiger partial charge in [-0.2, -0.15) is 0 Å². The monoisotopic (exact) mass is 469 g/mol. The van der Waals surface area contributed by atoms with Crippen LogP contribution in [-0.2, 0) is 20.7 Å². The number of carbonyl (C=O) groups excluding carboxylic acids is 2.